The molecule has 2 aromatic carbocycles. The fourth-order valence-electron chi connectivity index (χ4n) is 2.85. The van der Waals surface area contributed by atoms with Crippen LogP contribution in [0.4, 0.5) is 5.69 Å². The molecule has 3 heteroatoms. The molecule has 3 nitrogen and oxygen atoms in total. The number of anilines is 1. The number of esters is 1. The van der Waals surface area contributed by atoms with Gasteiger partial charge in [0.2, 0.25) is 0 Å². The second kappa shape index (κ2) is 6.22. The van der Waals surface area contributed by atoms with Crippen LogP contribution in [0.15, 0.2) is 48.5 Å². The van der Waals surface area contributed by atoms with E-state index in [1.165, 1.54) is 18.2 Å². The van der Waals surface area contributed by atoms with Gasteiger partial charge in [-0.15, -0.1) is 0 Å². The molecule has 0 bridgehead atoms. The van der Waals surface area contributed by atoms with Gasteiger partial charge in [-0.05, 0) is 41.8 Å². The Hall–Kier alpha value is -2.29. The van der Waals surface area contributed by atoms with Crippen molar-refractivity contribution >= 4 is 11.7 Å². The number of rotatable bonds is 4. The van der Waals surface area contributed by atoms with Gasteiger partial charge in [-0.1, -0.05) is 31.2 Å². The molecule has 1 aliphatic heterocycles. The SMILES string of the molecule is CCc1ccc(C2CN(c3ccc(C(=O)OC)cc3)C2)cc1. The summed E-state index contributed by atoms with van der Waals surface area (Å²) in [5, 5.41) is 0. The number of nitrogens with zero attached hydrogens (tertiary/aromatic N) is 1. The quantitative estimate of drug-likeness (QED) is 0.807. The van der Waals surface area contributed by atoms with Crippen LogP contribution in [0.25, 0.3) is 0 Å². The standard InChI is InChI=1S/C19H21NO2/c1-3-14-4-6-15(7-5-14)17-12-20(13-17)18-10-8-16(9-11-18)19(21)22-2/h4-11,17H,3,12-13H2,1-2H3. The fraction of sp³-hybridized carbons (Fsp3) is 0.316. The summed E-state index contributed by atoms with van der Waals surface area (Å²) in [5.74, 6) is 0.315. The first-order valence-corrected chi connectivity index (χ1v) is 7.73. The zero-order valence-electron chi connectivity index (χ0n) is 13.1. The van der Waals surface area contributed by atoms with Gasteiger partial charge in [0.15, 0.2) is 0 Å². The predicted octanol–water partition coefficient (Wildman–Crippen LogP) is 3.64. The first-order valence-electron chi connectivity index (χ1n) is 7.73. The molecule has 0 aliphatic carbocycles. The Labute approximate surface area is 131 Å². The molecular formula is C19H21NO2. The van der Waals surface area contributed by atoms with E-state index in [9.17, 15) is 4.79 Å². The van der Waals surface area contributed by atoms with E-state index >= 15 is 0 Å². The number of aryl methyl sites for hydroxylation is 1. The normalized spacial score (nSPS) is 14.5. The lowest BCUT2D eigenvalue weighted by Crippen LogP contribution is -2.45. The predicted molar refractivity (Wildman–Crippen MR) is 88.6 cm³/mol. The molecule has 114 valence electrons. The highest BCUT2D eigenvalue weighted by atomic mass is 16.5. The Kier molecular flexibility index (Phi) is 4.14. The van der Waals surface area contributed by atoms with Gasteiger partial charge in [0.25, 0.3) is 0 Å². The van der Waals surface area contributed by atoms with Crippen LogP contribution < -0.4 is 4.90 Å². The van der Waals surface area contributed by atoms with Crippen molar-refractivity contribution in [2.24, 2.45) is 0 Å². The molecule has 0 N–H and O–H groups in total. The third kappa shape index (κ3) is 2.84. The van der Waals surface area contributed by atoms with E-state index in [2.05, 4.69) is 36.1 Å². The second-order valence-electron chi connectivity index (χ2n) is 5.74. The molecule has 22 heavy (non-hydrogen) atoms. The van der Waals surface area contributed by atoms with E-state index in [4.69, 9.17) is 4.74 Å². The van der Waals surface area contributed by atoms with Crippen LogP contribution in [0.2, 0.25) is 0 Å². The van der Waals surface area contributed by atoms with Crippen molar-refractivity contribution in [3.8, 4) is 0 Å². The molecule has 1 saturated heterocycles. The second-order valence-corrected chi connectivity index (χ2v) is 5.74. The molecule has 0 unspecified atom stereocenters. The minimum Gasteiger partial charge on any atom is -0.465 e. The summed E-state index contributed by atoms with van der Waals surface area (Å²) in [5.41, 5.74) is 4.56. The zero-order chi connectivity index (χ0) is 15.5. The van der Waals surface area contributed by atoms with Gasteiger partial charge in [-0.3, -0.25) is 0 Å². The maximum atomic E-state index is 11.4. The number of hydrogen-bond donors (Lipinski definition) is 0. The molecule has 1 heterocycles. The van der Waals surface area contributed by atoms with E-state index in [-0.39, 0.29) is 5.97 Å². The van der Waals surface area contributed by atoms with Crippen molar-refractivity contribution in [3.05, 3.63) is 65.2 Å². The van der Waals surface area contributed by atoms with Gasteiger partial charge >= 0.3 is 5.97 Å². The molecule has 1 aliphatic rings. The van der Waals surface area contributed by atoms with Gasteiger partial charge in [-0.2, -0.15) is 0 Å². The van der Waals surface area contributed by atoms with Crippen molar-refractivity contribution in [2.75, 3.05) is 25.1 Å². The smallest absolute Gasteiger partial charge is 0.337 e. The number of ether oxygens (including phenoxy) is 1. The van der Waals surface area contributed by atoms with Gasteiger partial charge in [0.05, 0.1) is 12.7 Å². The Bertz CT molecular complexity index is 640. The zero-order valence-corrected chi connectivity index (χ0v) is 13.1. The van der Waals surface area contributed by atoms with Crippen molar-refractivity contribution < 1.29 is 9.53 Å². The molecule has 1 fully saturated rings. The number of carbonyl (C=O) groups is 1. The monoisotopic (exact) mass is 295 g/mol. The lowest BCUT2D eigenvalue weighted by atomic mass is 9.90. The van der Waals surface area contributed by atoms with Crippen LogP contribution in [-0.4, -0.2) is 26.2 Å². The summed E-state index contributed by atoms with van der Waals surface area (Å²) >= 11 is 0. The third-order valence-electron chi connectivity index (χ3n) is 4.39. The van der Waals surface area contributed by atoms with E-state index in [1.807, 2.05) is 24.3 Å². The summed E-state index contributed by atoms with van der Waals surface area (Å²) in [6.45, 7) is 4.24. The van der Waals surface area contributed by atoms with Crippen LogP contribution in [0.3, 0.4) is 0 Å². The summed E-state index contributed by atoms with van der Waals surface area (Å²) < 4.78 is 4.72. The Morgan fingerprint density at radius 3 is 2.27 bits per heavy atom. The van der Waals surface area contributed by atoms with Crippen molar-refractivity contribution in [3.63, 3.8) is 0 Å². The first-order chi connectivity index (χ1) is 10.7. The molecule has 0 spiro atoms. The number of methoxy groups -OCH3 is 1. The van der Waals surface area contributed by atoms with Gasteiger partial charge in [0.1, 0.15) is 0 Å². The maximum absolute atomic E-state index is 11.4. The Morgan fingerprint density at radius 2 is 1.73 bits per heavy atom. The Balaban J connectivity index is 1.61. The van der Waals surface area contributed by atoms with Crippen LogP contribution in [0.5, 0.6) is 0 Å². The molecule has 0 amide bonds. The van der Waals surface area contributed by atoms with Crippen LogP contribution >= 0.6 is 0 Å². The van der Waals surface area contributed by atoms with E-state index < -0.39 is 0 Å². The summed E-state index contributed by atoms with van der Waals surface area (Å²) in [6.07, 6.45) is 1.09. The number of hydrogen-bond acceptors (Lipinski definition) is 3. The molecule has 3 rings (SSSR count). The molecule has 0 saturated carbocycles. The fourth-order valence-corrected chi connectivity index (χ4v) is 2.85. The highest BCUT2D eigenvalue weighted by molar-refractivity contribution is 5.89. The van der Waals surface area contributed by atoms with Crippen LogP contribution in [-0.2, 0) is 11.2 Å². The van der Waals surface area contributed by atoms with E-state index in [0.29, 0.717) is 11.5 Å². The lowest BCUT2D eigenvalue weighted by Gasteiger charge is -2.41. The summed E-state index contributed by atoms with van der Waals surface area (Å²) in [7, 11) is 1.40. The van der Waals surface area contributed by atoms with Crippen molar-refractivity contribution in [1.29, 1.82) is 0 Å². The molecule has 0 atom stereocenters. The van der Waals surface area contributed by atoms with Gasteiger partial charge in [-0.25, -0.2) is 4.79 Å². The van der Waals surface area contributed by atoms with Crippen molar-refractivity contribution in [1.82, 2.24) is 0 Å². The molecular weight excluding hydrogens is 274 g/mol. The minimum atomic E-state index is -0.288. The largest absolute Gasteiger partial charge is 0.465 e. The average Bonchev–Trinajstić information content (AvgIpc) is 2.54. The van der Waals surface area contributed by atoms with Crippen LogP contribution in [0.1, 0.15) is 34.3 Å². The topological polar surface area (TPSA) is 29.5 Å². The maximum Gasteiger partial charge on any atom is 0.337 e. The first kappa shape index (κ1) is 14.6. The Morgan fingerprint density at radius 1 is 1.09 bits per heavy atom. The van der Waals surface area contributed by atoms with E-state index in [1.54, 1.807) is 0 Å². The number of carbonyl (C=O) groups excluding carboxylic acids is 1. The highest BCUT2D eigenvalue weighted by Crippen LogP contribution is 2.31. The average molecular weight is 295 g/mol. The molecule has 2 aromatic rings. The van der Waals surface area contributed by atoms with E-state index in [0.717, 1.165) is 25.2 Å². The third-order valence-corrected chi connectivity index (χ3v) is 4.39. The molecule has 0 aromatic heterocycles. The van der Waals surface area contributed by atoms with Crippen LogP contribution in [0, 0.1) is 0 Å². The number of benzene rings is 2. The molecule has 0 radical (unpaired) electrons. The van der Waals surface area contributed by atoms with Gasteiger partial charge < -0.3 is 9.64 Å². The summed E-state index contributed by atoms with van der Waals surface area (Å²) in [4.78, 5) is 13.8. The minimum absolute atomic E-state index is 0.288. The van der Waals surface area contributed by atoms with Crippen molar-refractivity contribution in [2.45, 2.75) is 19.3 Å². The summed E-state index contributed by atoms with van der Waals surface area (Å²) in [6, 6.07) is 16.6. The highest BCUT2D eigenvalue weighted by Gasteiger charge is 2.28. The lowest BCUT2D eigenvalue weighted by molar-refractivity contribution is 0.0601. The van der Waals surface area contributed by atoms with Gasteiger partial charge in [0, 0.05) is 24.7 Å².